The number of amides is 1. The lowest BCUT2D eigenvalue weighted by Gasteiger charge is -2.32. The first-order valence-corrected chi connectivity index (χ1v) is 7.12. The van der Waals surface area contributed by atoms with E-state index in [1.54, 1.807) is 4.90 Å². The molecular formula is C14H21NO5. The first-order chi connectivity index (χ1) is 9.52. The zero-order chi connectivity index (χ0) is 14.7. The Labute approximate surface area is 118 Å². The average molecular weight is 283 g/mol. The number of aliphatic carboxylic acids is 1. The minimum absolute atomic E-state index is 0.0528. The number of carboxylic acid groups (broad SMARTS) is 1. The van der Waals surface area contributed by atoms with Gasteiger partial charge in [-0.2, -0.15) is 0 Å². The van der Waals surface area contributed by atoms with E-state index in [4.69, 9.17) is 9.84 Å². The van der Waals surface area contributed by atoms with Gasteiger partial charge in [0.1, 0.15) is 0 Å². The summed E-state index contributed by atoms with van der Waals surface area (Å²) < 4.78 is 4.72. The Kier molecular flexibility index (Phi) is 4.62. The molecule has 0 spiro atoms. The number of likely N-dealkylation sites (tertiary alicyclic amines) is 1. The molecule has 1 heterocycles. The molecule has 1 saturated heterocycles. The lowest BCUT2D eigenvalue weighted by molar-refractivity contribution is -0.149. The first-order valence-electron chi connectivity index (χ1n) is 7.12. The Morgan fingerprint density at radius 3 is 2.10 bits per heavy atom. The molecule has 0 aromatic carbocycles. The molecule has 112 valence electrons. The van der Waals surface area contributed by atoms with Crippen LogP contribution in [-0.4, -0.2) is 48.1 Å². The first kappa shape index (κ1) is 14.8. The van der Waals surface area contributed by atoms with Gasteiger partial charge in [0.05, 0.1) is 18.9 Å². The van der Waals surface area contributed by atoms with Crippen molar-refractivity contribution in [3.63, 3.8) is 0 Å². The molecule has 1 amide bonds. The number of nitrogens with zero attached hydrogens (tertiary/aromatic N) is 1. The summed E-state index contributed by atoms with van der Waals surface area (Å²) in [7, 11) is 1.38. The third-order valence-corrected chi connectivity index (χ3v) is 4.47. The van der Waals surface area contributed by atoms with Crippen LogP contribution in [0, 0.1) is 17.8 Å². The van der Waals surface area contributed by atoms with Crippen LogP contribution in [0.5, 0.6) is 0 Å². The van der Waals surface area contributed by atoms with Crippen LogP contribution in [0.3, 0.4) is 0 Å². The Bertz CT molecular complexity index is 400. The zero-order valence-electron chi connectivity index (χ0n) is 11.7. The van der Waals surface area contributed by atoms with Crippen molar-refractivity contribution >= 4 is 17.8 Å². The van der Waals surface area contributed by atoms with Crippen molar-refractivity contribution in [2.45, 2.75) is 32.1 Å². The number of carbonyl (C=O) groups excluding carboxylic acids is 2. The van der Waals surface area contributed by atoms with Crippen molar-refractivity contribution in [1.29, 1.82) is 0 Å². The lowest BCUT2D eigenvalue weighted by Crippen LogP contribution is -2.43. The molecule has 1 aliphatic carbocycles. The maximum Gasteiger partial charge on any atom is 0.308 e. The van der Waals surface area contributed by atoms with Gasteiger partial charge in [-0.25, -0.2) is 0 Å². The molecule has 0 aromatic rings. The summed E-state index contributed by atoms with van der Waals surface area (Å²) in [5.41, 5.74) is 0. The topological polar surface area (TPSA) is 83.9 Å². The molecule has 0 unspecified atom stereocenters. The highest BCUT2D eigenvalue weighted by Gasteiger charge is 2.37. The number of piperidine rings is 1. The largest absolute Gasteiger partial charge is 0.481 e. The van der Waals surface area contributed by atoms with E-state index in [9.17, 15) is 14.4 Å². The van der Waals surface area contributed by atoms with Crippen LogP contribution in [0.2, 0.25) is 0 Å². The summed E-state index contributed by atoms with van der Waals surface area (Å²) in [5.74, 6) is -1.60. The molecule has 2 fully saturated rings. The van der Waals surface area contributed by atoms with Crippen LogP contribution in [-0.2, 0) is 19.1 Å². The summed E-state index contributed by atoms with van der Waals surface area (Å²) in [6, 6.07) is 0. The van der Waals surface area contributed by atoms with Gasteiger partial charge in [-0.05, 0) is 32.1 Å². The van der Waals surface area contributed by atoms with E-state index in [1.807, 2.05) is 0 Å². The van der Waals surface area contributed by atoms with E-state index in [0.717, 1.165) is 0 Å². The summed E-state index contributed by atoms with van der Waals surface area (Å²) in [6.45, 7) is 1.12. The summed E-state index contributed by atoms with van der Waals surface area (Å²) in [4.78, 5) is 36.5. The molecule has 6 nitrogen and oxygen atoms in total. The molecule has 2 rings (SSSR count). The molecule has 0 bridgehead atoms. The van der Waals surface area contributed by atoms with E-state index < -0.39 is 5.97 Å². The van der Waals surface area contributed by atoms with Crippen LogP contribution in [0.25, 0.3) is 0 Å². The molecule has 1 aliphatic heterocycles. The number of carboxylic acids is 1. The second-order valence-corrected chi connectivity index (χ2v) is 5.67. The second kappa shape index (κ2) is 6.24. The van der Waals surface area contributed by atoms with Crippen molar-refractivity contribution in [3.05, 3.63) is 0 Å². The summed E-state index contributed by atoms with van der Waals surface area (Å²) in [6.07, 6.45) is 2.96. The lowest BCUT2D eigenvalue weighted by atomic mass is 9.95. The highest BCUT2D eigenvalue weighted by molar-refractivity contribution is 5.81. The molecule has 1 saturated carbocycles. The van der Waals surface area contributed by atoms with Crippen LogP contribution >= 0.6 is 0 Å². The van der Waals surface area contributed by atoms with Crippen molar-refractivity contribution in [2.75, 3.05) is 20.2 Å². The molecule has 6 heteroatoms. The van der Waals surface area contributed by atoms with Crippen LogP contribution in [0.4, 0.5) is 0 Å². The normalized spacial score (nSPS) is 27.4. The van der Waals surface area contributed by atoms with Gasteiger partial charge in [0.15, 0.2) is 0 Å². The minimum Gasteiger partial charge on any atom is -0.481 e. The van der Waals surface area contributed by atoms with Gasteiger partial charge in [0.2, 0.25) is 5.91 Å². The Balaban J connectivity index is 1.83. The van der Waals surface area contributed by atoms with E-state index >= 15 is 0 Å². The molecule has 0 aromatic heterocycles. The fourth-order valence-corrected chi connectivity index (χ4v) is 3.19. The number of rotatable bonds is 3. The molecule has 0 radical (unpaired) electrons. The minimum atomic E-state index is -0.801. The number of ether oxygens (including phenoxy) is 1. The number of methoxy groups -OCH3 is 1. The number of hydrogen-bond donors (Lipinski definition) is 1. The smallest absolute Gasteiger partial charge is 0.308 e. The van der Waals surface area contributed by atoms with E-state index in [0.29, 0.717) is 45.2 Å². The Hall–Kier alpha value is -1.59. The fraction of sp³-hybridized carbons (Fsp3) is 0.786. The number of hydrogen-bond acceptors (Lipinski definition) is 4. The van der Waals surface area contributed by atoms with Gasteiger partial charge in [0.25, 0.3) is 0 Å². The second-order valence-electron chi connectivity index (χ2n) is 5.67. The fourth-order valence-electron chi connectivity index (χ4n) is 3.19. The summed E-state index contributed by atoms with van der Waals surface area (Å²) in [5, 5.41) is 8.97. The van der Waals surface area contributed by atoms with Gasteiger partial charge < -0.3 is 14.7 Å². The van der Waals surface area contributed by atoms with Gasteiger partial charge in [-0.15, -0.1) is 0 Å². The predicted octanol–water partition coefficient (Wildman–Crippen LogP) is 0.899. The van der Waals surface area contributed by atoms with Crippen LogP contribution in [0.15, 0.2) is 0 Å². The standard InChI is InChI=1S/C14H21NO5/c1-20-14(19)9-4-6-15(7-5-9)12(16)10-2-3-11(8-10)13(17)18/h9-11H,2-8H2,1H3,(H,17,18)/t10-,11+/m1/s1. The van der Waals surface area contributed by atoms with Crippen molar-refractivity contribution in [2.24, 2.45) is 17.8 Å². The summed E-state index contributed by atoms with van der Waals surface area (Å²) >= 11 is 0. The number of carbonyl (C=O) groups is 3. The third-order valence-electron chi connectivity index (χ3n) is 4.47. The monoisotopic (exact) mass is 283 g/mol. The van der Waals surface area contributed by atoms with Crippen molar-refractivity contribution in [1.82, 2.24) is 4.90 Å². The highest BCUT2D eigenvalue weighted by Crippen LogP contribution is 2.33. The Morgan fingerprint density at radius 2 is 1.60 bits per heavy atom. The SMILES string of the molecule is COC(=O)C1CCN(C(=O)[C@@H]2CC[C@H](C(=O)O)C2)CC1. The maximum atomic E-state index is 12.3. The van der Waals surface area contributed by atoms with Crippen LogP contribution < -0.4 is 0 Å². The zero-order valence-corrected chi connectivity index (χ0v) is 11.7. The molecule has 20 heavy (non-hydrogen) atoms. The van der Waals surface area contributed by atoms with Crippen molar-refractivity contribution in [3.8, 4) is 0 Å². The quantitative estimate of drug-likeness (QED) is 0.778. The van der Waals surface area contributed by atoms with Crippen LogP contribution in [0.1, 0.15) is 32.1 Å². The molecule has 2 atom stereocenters. The van der Waals surface area contributed by atoms with E-state index in [2.05, 4.69) is 0 Å². The maximum absolute atomic E-state index is 12.3. The molecule has 2 aliphatic rings. The third kappa shape index (κ3) is 3.11. The Morgan fingerprint density at radius 1 is 1.00 bits per heavy atom. The van der Waals surface area contributed by atoms with E-state index in [1.165, 1.54) is 7.11 Å². The predicted molar refractivity (Wildman–Crippen MR) is 69.8 cm³/mol. The van der Waals surface area contributed by atoms with Gasteiger partial charge in [0, 0.05) is 19.0 Å². The van der Waals surface area contributed by atoms with Gasteiger partial charge in [-0.3, -0.25) is 14.4 Å². The van der Waals surface area contributed by atoms with E-state index in [-0.39, 0.29) is 29.6 Å². The molecule has 1 N–H and O–H groups in total. The van der Waals surface area contributed by atoms with Gasteiger partial charge in [-0.1, -0.05) is 0 Å². The van der Waals surface area contributed by atoms with Gasteiger partial charge >= 0.3 is 11.9 Å². The average Bonchev–Trinajstić information content (AvgIpc) is 2.96. The van der Waals surface area contributed by atoms with Crippen molar-refractivity contribution < 1.29 is 24.2 Å². The molecular weight excluding hydrogens is 262 g/mol. The number of esters is 1. The highest BCUT2D eigenvalue weighted by atomic mass is 16.5.